The number of nitrogens with zero attached hydrogens (tertiary/aromatic N) is 5. The van der Waals surface area contributed by atoms with Gasteiger partial charge in [-0.3, -0.25) is 9.69 Å². The first-order valence-electron chi connectivity index (χ1n) is 8.76. The van der Waals surface area contributed by atoms with Gasteiger partial charge in [-0.15, -0.1) is 10.2 Å². The highest BCUT2D eigenvalue weighted by Crippen LogP contribution is 2.26. The van der Waals surface area contributed by atoms with E-state index in [1.54, 1.807) is 0 Å². The molecular weight excluding hydrogens is 310 g/mol. The number of morpholine rings is 1. The fraction of sp³-hybridized carbons (Fsp3) is 0.812. The summed E-state index contributed by atoms with van der Waals surface area (Å²) in [5, 5.41) is 17.7. The largest absolute Gasteiger partial charge is 0.481 e. The molecule has 0 aromatic carbocycles. The van der Waals surface area contributed by atoms with E-state index in [1.165, 1.54) is 0 Å². The first-order valence-corrected chi connectivity index (χ1v) is 8.76. The summed E-state index contributed by atoms with van der Waals surface area (Å²) >= 11 is 0. The van der Waals surface area contributed by atoms with Gasteiger partial charge >= 0.3 is 5.97 Å². The highest BCUT2D eigenvalue weighted by Gasteiger charge is 2.26. The molecule has 0 bridgehead atoms. The van der Waals surface area contributed by atoms with Crippen molar-refractivity contribution in [2.75, 3.05) is 45.9 Å². The summed E-state index contributed by atoms with van der Waals surface area (Å²) in [4.78, 5) is 15.4. The number of carbonyl (C=O) groups is 1. The topological polar surface area (TPSA) is 83.7 Å². The van der Waals surface area contributed by atoms with Crippen LogP contribution < -0.4 is 0 Å². The molecule has 0 spiro atoms. The van der Waals surface area contributed by atoms with Crippen molar-refractivity contribution in [3.8, 4) is 0 Å². The van der Waals surface area contributed by atoms with Crippen LogP contribution in [0.1, 0.15) is 36.8 Å². The number of hydrogen-bond acceptors (Lipinski definition) is 6. The molecule has 0 unspecified atom stereocenters. The Morgan fingerprint density at radius 3 is 2.79 bits per heavy atom. The first-order chi connectivity index (χ1) is 11.6. The third-order valence-corrected chi connectivity index (χ3v) is 4.98. The van der Waals surface area contributed by atoms with E-state index in [4.69, 9.17) is 9.84 Å². The van der Waals surface area contributed by atoms with Crippen LogP contribution in [0.3, 0.4) is 0 Å². The molecule has 1 aromatic heterocycles. The third kappa shape index (κ3) is 4.31. The Morgan fingerprint density at radius 1 is 1.25 bits per heavy atom. The van der Waals surface area contributed by atoms with Gasteiger partial charge in [-0.05, 0) is 19.4 Å². The van der Waals surface area contributed by atoms with Crippen molar-refractivity contribution in [1.82, 2.24) is 24.6 Å². The summed E-state index contributed by atoms with van der Waals surface area (Å²) < 4.78 is 7.51. The summed E-state index contributed by atoms with van der Waals surface area (Å²) in [6, 6.07) is 0. The average Bonchev–Trinajstić information content (AvgIpc) is 2.95. The molecule has 1 N–H and O–H groups in total. The third-order valence-electron chi connectivity index (χ3n) is 4.98. The van der Waals surface area contributed by atoms with Crippen molar-refractivity contribution in [2.24, 2.45) is 7.05 Å². The summed E-state index contributed by atoms with van der Waals surface area (Å²) in [5.74, 6) is 1.62. The van der Waals surface area contributed by atoms with Gasteiger partial charge in [-0.25, -0.2) is 0 Å². The monoisotopic (exact) mass is 337 g/mol. The quantitative estimate of drug-likeness (QED) is 0.799. The van der Waals surface area contributed by atoms with Gasteiger partial charge in [0, 0.05) is 39.1 Å². The molecule has 3 heterocycles. The second-order valence-electron chi connectivity index (χ2n) is 6.71. The van der Waals surface area contributed by atoms with Gasteiger partial charge < -0.3 is 19.3 Å². The van der Waals surface area contributed by atoms with Crippen LogP contribution in [0.5, 0.6) is 0 Å². The lowest BCUT2D eigenvalue weighted by atomic mass is 9.97. The molecule has 2 aliphatic rings. The standard InChI is InChI=1S/C16H27N5O3/c1-19-14(12-21-7-9-24-10-8-21)17-18-16(19)13-3-2-5-20(11-13)6-4-15(22)23/h13H,2-12H2,1H3,(H,22,23)/t13-/m1/s1. The van der Waals surface area contributed by atoms with Crippen molar-refractivity contribution >= 4 is 5.97 Å². The normalized spacial score (nSPS) is 23.5. The molecule has 24 heavy (non-hydrogen) atoms. The second-order valence-corrected chi connectivity index (χ2v) is 6.71. The van der Waals surface area contributed by atoms with Crippen molar-refractivity contribution in [3.05, 3.63) is 11.6 Å². The number of hydrogen-bond donors (Lipinski definition) is 1. The molecular formula is C16H27N5O3. The summed E-state index contributed by atoms with van der Waals surface area (Å²) in [7, 11) is 2.04. The summed E-state index contributed by atoms with van der Waals surface area (Å²) in [6.07, 6.45) is 2.37. The van der Waals surface area contributed by atoms with E-state index in [0.29, 0.717) is 12.5 Å². The molecule has 0 aliphatic carbocycles. The Hall–Kier alpha value is -1.51. The minimum atomic E-state index is -0.733. The lowest BCUT2D eigenvalue weighted by Crippen LogP contribution is -2.37. The van der Waals surface area contributed by atoms with Crippen molar-refractivity contribution in [2.45, 2.75) is 31.7 Å². The maximum atomic E-state index is 10.8. The Morgan fingerprint density at radius 2 is 2.04 bits per heavy atom. The number of aliphatic carboxylic acids is 1. The Kier molecular flexibility index (Phi) is 5.80. The molecule has 2 saturated heterocycles. The van der Waals surface area contributed by atoms with Gasteiger partial charge in [-0.1, -0.05) is 0 Å². The number of likely N-dealkylation sites (tertiary alicyclic amines) is 1. The number of ether oxygens (including phenoxy) is 1. The van der Waals surface area contributed by atoms with Gasteiger partial charge in [-0.2, -0.15) is 0 Å². The predicted molar refractivity (Wildman–Crippen MR) is 87.8 cm³/mol. The molecule has 1 atom stereocenters. The van der Waals surface area contributed by atoms with Crippen LogP contribution in [-0.4, -0.2) is 81.6 Å². The van der Waals surface area contributed by atoms with Crippen LogP contribution in [0, 0.1) is 0 Å². The molecule has 134 valence electrons. The minimum Gasteiger partial charge on any atom is -0.481 e. The Balaban J connectivity index is 1.60. The van der Waals surface area contributed by atoms with Gasteiger partial charge in [0.15, 0.2) is 0 Å². The molecule has 3 rings (SSSR count). The zero-order valence-corrected chi connectivity index (χ0v) is 14.4. The molecule has 0 saturated carbocycles. The minimum absolute atomic E-state index is 0.202. The summed E-state index contributed by atoms with van der Waals surface area (Å²) in [5.41, 5.74) is 0. The maximum Gasteiger partial charge on any atom is 0.304 e. The fourth-order valence-corrected chi connectivity index (χ4v) is 3.55. The van der Waals surface area contributed by atoms with Crippen molar-refractivity contribution in [3.63, 3.8) is 0 Å². The Labute approximate surface area is 142 Å². The van der Waals surface area contributed by atoms with Gasteiger partial charge in [0.2, 0.25) is 0 Å². The zero-order chi connectivity index (χ0) is 16.9. The van der Waals surface area contributed by atoms with Crippen LogP contribution in [0.4, 0.5) is 0 Å². The van der Waals surface area contributed by atoms with E-state index >= 15 is 0 Å². The number of aromatic nitrogens is 3. The van der Waals surface area contributed by atoms with Crippen LogP contribution in [0.25, 0.3) is 0 Å². The van der Waals surface area contributed by atoms with Crippen LogP contribution in [0.15, 0.2) is 0 Å². The van der Waals surface area contributed by atoms with E-state index in [0.717, 1.165) is 70.4 Å². The highest BCUT2D eigenvalue weighted by molar-refractivity contribution is 5.66. The van der Waals surface area contributed by atoms with Crippen molar-refractivity contribution in [1.29, 1.82) is 0 Å². The van der Waals surface area contributed by atoms with Gasteiger partial charge in [0.05, 0.1) is 26.2 Å². The average molecular weight is 337 g/mol. The van der Waals surface area contributed by atoms with E-state index in [1.807, 2.05) is 7.05 Å². The number of piperidine rings is 1. The Bertz CT molecular complexity index is 556. The second kappa shape index (κ2) is 8.04. The smallest absolute Gasteiger partial charge is 0.304 e. The number of carboxylic acid groups (broad SMARTS) is 1. The number of rotatable bonds is 6. The van der Waals surface area contributed by atoms with Crippen LogP contribution >= 0.6 is 0 Å². The zero-order valence-electron chi connectivity index (χ0n) is 14.4. The van der Waals surface area contributed by atoms with E-state index in [9.17, 15) is 4.79 Å². The van der Waals surface area contributed by atoms with Crippen LogP contribution in [-0.2, 0) is 23.1 Å². The number of carboxylic acids is 1. The van der Waals surface area contributed by atoms with Gasteiger partial charge in [0.25, 0.3) is 0 Å². The molecule has 8 heteroatoms. The highest BCUT2D eigenvalue weighted by atomic mass is 16.5. The van der Waals surface area contributed by atoms with E-state index in [2.05, 4.69) is 24.6 Å². The predicted octanol–water partition coefficient (Wildman–Crippen LogP) is 0.301. The first kappa shape index (κ1) is 17.3. The van der Waals surface area contributed by atoms with E-state index < -0.39 is 5.97 Å². The van der Waals surface area contributed by atoms with Crippen molar-refractivity contribution < 1.29 is 14.6 Å². The molecule has 8 nitrogen and oxygen atoms in total. The summed E-state index contributed by atoms with van der Waals surface area (Å²) in [6.45, 7) is 6.71. The molecule has 0 amide bonds. The lowest BCUT2D eigenvalue weighted by molar-refractivity contribution is -0.137. The van der Waals surface area contributed by atoms with Crippen LogP contribution in [0.2, 0.25) is 0 Å². The fourth-order valence-electron chi connectivity index (χ4n) is 3.55. The van der Waals surface area contributed by atoms with E-state index in [-0.39, 0.29) is 6.42 Å². The molecule has 2 aliphatic heterocycles. The van der Waals surface area contributed by atoms with Gasteiger partial charge in [0.1, 0.15) is 11.6 Å². The molecule has 1 aromatic rings. The maximum absolute atomic E-state index is 10.8. The molecule has 2 fully saturated rings. The lowest BCUT2D eigenvalue weighted by Gasteiger charge is -2.31. The molecule has 0 radical (unpaired) electrons. The SMILES string of the molecule is Cn1c(CN2CCOCC2)nnc1[C@@H]1CCCN(CCC(=O)O)C1.